The zero-order valence-electron chi connectivity index (χ0n) is 17.4. The van der Waals surface area contributed by atoms with Gasteiger partial charge in [-0.2, -0.15) is 0 Å². The van der Waals surface area contributed by atoms with Crippen molar-refractivity contribution in [2.45, 2.75) is 58.2 Å². The summed E-state index contributed by atoms with van der Waals surface area (Å²) in [6, 6.07) is 4.92. The Balaban J connectivity index is 1.49. The molecule has 1 aromatic heterocycles. The number of aliphatic hydroxyl groups is 1. The summed E-state index contributed by atoms with van der Waals surface area (Å²) in [5, 5.41) is 23.2. The number of amides is 1. The average Bonchev–Trinajstić information content (AvgIpc) is 3.24. The Morgan fingerprint density at radius 2 is 2.00 bits per heavy atom. The van der Waals surface area contributed by atoms with Crippen molar-refractivity contribution in [3.05, 3.63) is 40.7 Å². The number of aromatic nitrogens is 3. The first-order valence-electron chi connectivity index (χ1n) is 10.2. The van der Waals surface area contributed by atoms with Crippen LogP contribution in [0.25, 0.3) is 0 Å². The lowest BCUT2D eigenvalue weighted by molar-refractivity contribution is 0.0939. The molecule has 1 fully saturated rings. The maximum atomic E-state index is 11.9. The second-order valence-corrected chi connectivity index (χ2v) is 7.63. The van der Waals surface area contributed by atoms with Gasteiger partial charge in [-0.1, -0.05) is 11.3 Å². The Hall–Kier alpha value is -2.45. The van der Waals surface area contributed by atoms with Crippen molar-refractivity contribution in [3.63, 3.8) is 0 Å². The standard InChI is InChI=1S/C21H31N5O3/c1-14-15(2)20(29-3)9-4-16(14)12-23-17-5-7-18(8-6-17)26-13-19(24-25-26)21(28)22-10-11-27/h4,9,13,17-18,23,27H,5-8,10-12H2,1-3H3,(H,22,28). The number of nitrogens with zero attached hydrogens (tertiary/aromatic N) is 3. The number of hydrogen-bond donors (Lipinski definition) is 3. The lowest BCUT2D eigenvalue weighted by atomic mass is 9.91. The molecule has 1 heterocycles. The molecule has 3 rings (SSSR count). The van der Waals surface area contributed by atoms with Crippen molar-refractivity contribution in [2.75, 3.05) is 20.3 Å². The van der Waals surface area contributed by atoms with Gasteiger partial charge < -0.3 is 20.5 Å². The Kier molecular flexibility index (Phi) is 7.22. The third kappa shape index (κ3) is 5.13. The summed E-state index contributed by atoms with van der Waals surface area (Å²) >= 11 is 0. The number of carbonyl (C=O) groups is 1. The van der Waals surface area contributed by atoms with Crippen LogP contribution in [-0.4, -0.2) is 52.3 Å². The number of nitrogens with one attached hydrogen (secondary N) is 2. The summed E-state index contributed by atoms with van der Waals surface area (Å²) in [6.07, 6.45) is 5.82. The SMILES string of the molecule is COc1ccc(CNC2CCC(n3cc(C(=O)NCCO)nn3)CC2)c(C)c1C. The molecular weight excluding hydrogens is 370 g/mol. The summed E-state index contributed by atoms with van der Waals surface area (Å²) in [5.41, 5.74) is 4.07. The maximum Gasteiger partial charge on any atom is 0.273 e. The molecule has 0 aliphatic heterocycles. The van der Waals surface area contributed by atoms with Gasteiger partial charge in [-0.15, -0.1) is 5.10 Å². The fourth-order valence-electron chi connectivity index (χ4n) is 3.88. The average molecular weight is 402 g/mol. The number of benzene rings is 1. The first-order valence-corrected chi connectivity index (χ1v) is 10.2. The number of hydrogen-bond acceptors (Lipinski definition) is 6. The molecule has 1 aliphatic carbocycles. The number of rotatable bonds is 8. The normalized spacial score (nSPS) is 19.2. The van der Waals surface area contributed by atoms with E-state index in [4.69, 9.17) is 9.84 Å². The Labute approximate surface area is 171 Å². The highest BCUT2D eigenvalue weighted by molar-refractivity contribution is 5.91. The molecule has 0 unspecified atom stereocenters. The molecule has 1 aromatic carbocycles. The summed E-state index contributed by atoms with van der Waals surface area (Å²) < 4.78 is 7.20. The third-order valence-electron chi connectivity index (χ3n) is 5.86. The van der Waals surface area contributed by atoms with E-state index >= 15 is 0 Å². The molecule has 1 aliphatic rings. The molecule has 0 spiro atoms. The van der Waals surface area contributed by atoms with E-state index in [0.29, 0.717) is 11.7 Å². The van der Waals surface area contributed by atoms with Crippen LogP contribution in [0.4, 0.5) is 0 Å². The molecule has 0 saturated heterocycles. The molecule has 2 aromatic rings. The molecule has 0 bridgehead atoms. The van der Waals surface area contributed by atoms with Gasteiger partial charge in [0.25, 0.3) is 5.91 Å². The van der Waals surface area contributed by atoms with E-state index in [1.807, 2.05) is 6.07 Å². The van der Waals surface area contributed by atoms with Crippen LogP contribution in [-0.2, 0) is 6.54 Å². The van der Waals surface area contributed by atoms with Crippen molar-refractivity contribution in [2.24, 2.45) is 0 Å². The highest BCUT2D eigenvalue weighted by Crippen LogP contribution is 2.29. The fourth-order valence-corrected chi connectivity index (χ4v) is 3.88. The number of methoxy groups -OCH3 is 1. The van der Waals surface area contributed by atoms with E-state index < -0.39 is 0 Å². The predicted octanol–water partition coefficient (Wildman–Crippen LogP) is 1.90. The fraction of sp³-hybridized carbons (Fsp3) is 0.571. The maximum absolute atomic E-state index is 11.9. The van der Waals surface area contributed by atoms with Gasteiger partial charge in [0.2, 0.25) is 0 Å². The Morgan fingerprint density at radius 3 is 2.69 bits per heavy atom. The number of carbonyl (C=O) groups excluding carboxylic acids is 1. The van der Waals surface area contributed by atoms with Crippen molar-refractivity contribution in [1.82, 2.24) is 25.6 Å². The molecule has 158 valence electrons. The van der Waals surface area contributed by atoms with E-state index in [9.17, 15) is 4.79 Å². The van der Waals surface area contributed by atoms with Gasteiger partial charge in [-0.05, 0) is 62.3 Å². The summed E-state index contributed by atoms with van der Waals surface area (Å²) in [6.45, 7) is 5.22. The van der Waals surface area contributed by atoms with Gasteiger partial charge in [0.1, 0.15) is 5.75 Å². The van der Waals surface area contributed by atoms with Crippen LogP contribution in [0.5, 0.6) is 5.75 Å². The predicted molar refractivity (Wildman–Crippen MR) is 110 cm³/mol. The smallest absolute Gasteiger partial charge is 0.273 e. The van der Waals surface area contributed by atoms with E-state index in [-0.39, 0.29) is 25.1 Å². The molecule has 3 N–H and O–H groups in total. The number of ether oxygens (including phenoxy) is 1. The van der Waals surface area contributed by atoms with Gasteiger partial charge in [0.15, 0.2) is 5.69 Å². The first-order chi connectivity index (χ1) is 14.0. The van der Waals surface area contributed by atoms with E-state index in [2.05, 4.69) is 40.9 Å². The van der Waals surface area contributed by atoms with Crippen LogP contribution in [0.1, 0.15) is 58.9 Å². The van der Waals surface area contributed by atoms with Crippen LogP contribution in [0.15, 0.2) is 18.3 Å². The van der Waals surface area contributed by atoms with Gasteiger partial charge in [0, 0.05) is 19.1 Å². The minimum absolute atomic E-state index is 0.0908. The monoisotopic (exact) mass is 401 g/mol. The first kappa shape index (κ1) is 21.3. The third-order valence-corrected chi connectivity index (χ3v) is 5.86. The summed E-state index contributed by atoms with van der Waals surface area (Å²) in [4.78, 5) is 11.9. The van der Waals surface area contributed by atoms with E-state index in [1.54, 1.807) is 18.0 Å². The van der Waals surface area contributed by atoms with Crippen LogP contribution >= 0.6 is 0 Å². The van der Waals surface area contributed by atoms with Gasteiger partial charge >= 0.3 is 0 Å². The van der Waals surface area contributed by atoms with Crippen LogP contribution < -0.4 is 15.4 Å². The van der Waals surface area contributed by atoms with Crippen molar-refractivity contribution < 1.29 is 14.6 Å². The van der Waals surface area contributed by atoms with Crippen molar-refractivity contribution in [3.8, 4) is 5.75 Å². The van der Waals surface area contributed by atoms with Crippen LogP contribution in [0.2, 0.25) is 0 Å². The highest BCUT2D eigenvalue weighted by Gasteiger charge is 2.24. The molecule has 0 atom stereocenters. The van der Waals surface area contributed by atoms with Crippen molar-refractivity contribution in [1.29, 1.82) is 0 Å². The minimum atomic E-state index is -0.300. The van der Waals surface area contributed by atoms with Crippen molar-refractivity contribution >= 4 is 5.91 Å². The van der Waals surface area contributed by atoms with Crippen LogP contribution in [0, 0.1) is 13.8 Å². The molecule has 8 nitrogen and oxygen atoms in total. The quantitative estimate of drug-likeness (QED) is 0.625. The summed E-state index contributed by atoms with van der Waals surface area (Å²) in [7, 11) is 1.71. The lowest BCUT2D eigenvalue weighted by Crippen LogP contribution is -2.33. The van der Waals surface area contributed by atoms with E-state index in [1.165, 1.54) is 16.7 Å². The minimum Gasteiger partial charge on any atom is -0.496 e. The van der Waals surface area contributed by atoms with Crippen LogP contribution in [0.3, 0.4) is 0 Å². The van der Waals surface area contributed by atoms with E-state index in [0.717, 1.165) is 38.0 Å². The number of aliphatic hydroxyl groups excluding tert-OH is 1. The molecule has 0 radical (unpaired) electrons. The second kappa shape index (κ2) is 9.84. The molecule has 29 heavy (non-hydrogen) atoms. The van der Waals surface area contributed by atoms with Gasteiger partial charge in [0.05, 0.1) is 26.0 Å². The summed E-state index contributed by atoms with van der Waals surface area (Å²) in [5.74, 6) is 0.634. The molecular formula is C21H31N5O3. The zero-order valence-corrected chi connectivity index (χ0v) is 17.4. The largest absolute Gasteiger partial charge is 0.496 e. The topological polar surface area (TPSA) is 101 Å². The second-order valence-electron chi connectivity index (χ2n) is 7.63. The Morgan fingerprint density at radius 1 is 1.24 bits per heavy atom. The molecule has 1 amide bonds. The molecule has 1 saturated carbocycles. The Bertz CT molecular complexity index is 828. The van der Waals surface area contributed by atoms with Gasteiger partial charge in [-0.25, -0.2) is 4.68 Å². The zero-order chi connectivity index (χ0) is 20.8. The highest BCUT2D eigenvalue weighted by atomic mass is 16.5. The molecule has 8 heteroatoms. The lowest BCUT2D eigenvalue weighted by Gasteiger charge is -2.29. The van der Waals surface area contributed by atoms with Gasteiger partial charge in [-0.3, -0.25) is 4.79 Å².